The minimum Gasteiger partial charge on any atom is -0.479 e. The van der Waals surface area contributed by atoms with Gasteiger partial charge >= 0.3 is 23.9 Å². The monoisotopic (exact) mass is 1140 g/mol. The SMILES string of the molecule is CCCCC/C=C\C/C=C\CCCCCCCCCC(=O)OCC(COC1OC(C(=O)O)C(O)C(O)C1OC(=O)CCCCCCCCC/C=C\C/C=C\CCCCC)OC(=O)CCCCCCCCC/C=C\CCCCCCCC. The van der Waals surface area contributed by atoms with Crippen LogP contribution in [0.4, 0.5) is 0 Å². The fourth-order valence-electron chi connectivity index (χ4n) is 9.89. The van der Waals surface area contributed by atoms with Crippen molar-refractivity contribution in [2.75, 3.05) is 13.2 Å². The number of carbonyl (C=O) groups excluding carboxylic acids is 3. The Labute approximate surface area is 494 Å². The summed E-state index contributed by atoms with van der Waals surface area (Å²) in [5.41, 5.74) is 0. The Morgan fingerprint density at radius 2 is 0.741 bits per heavy atom. The minimum absolute atomic E-state index is 0.0506. The highest BCUT2D eigenvalue weighted by molar-refractivity contribution is 5.74. The summed E-state index contributed by atoms with van der Waals surface area (Å²) >= 11 is 0. The first-order valence-electron chi connectivity index (χ1n) is 33.3. The van der Waals surface area contributed by atoms with Crippen molar-refractivity contribution in [2.24, 2.45) is 0 Å². The van der Waals surface area contributed by atoms with Crippen molar-refractivity contribution in [1.82, 2.24) is 0 Å². The van der Waals surface area contributed by atoms with E-state index in [2.05, 4.69) is 81.5 Å². The number of aliphatic hydroxyl groups excluding tert-OH is 2. The topological polar surface area (TPSA) is 175 Å². The van der Waals surface area contributed by atoms with Crippen LogP contribution in [0.15, 0.2) is 60.8 Å². The van der Waals surface area contributed by atoms with E-state index in [0.29, 0.717) is 19.3 Å². The first-order valence-corrected chi connectivity index (χ1v) is 33.3. The smallest absolute Gasteiger partial charge is 0.335 e. The molecule has 0 saturated carbocycles. The average Bonchev–Trinajstić information content (AvgIpc) is 3.53. The van der Waals surface area contributed by atoms with Crippen molar-refractivity contribution in [3.05, 3.63) is 60.8 Å². The van der Waals surface area contributed by atoms with Gasteiger partial charge in [0.2, 0.25) is 0 Å². The van der Waals surface area contributed by atoms with E-state index in [1.807, 2.05) is 0 Å². The van der Waals surface area contributed by atoms with Crippen molar-refractivity contribution < 1.29 is 58.2 Å². The van der Waals surface area contributed by atoms with E-state index < -0.39 is 67.3 Å². The van der Waals surface area contributed by atoms with E-state index in [1.165, 1.54) is 116 Å². The number of carbonyl (C=O) groups is 4. The number of ether oxygens (including phenoxy) is 5. The molecular formula is C69H120O12. The van der Waals surface area contributed by atoms with Gasteiger partial charge in [-0.25, -0.2) is 4.79 Å². The zero-order valence-corrected chi connectivity index (χ0v) is 51.8. The number of carboxylic acid groups (broad SMARTS) is 1. The van der Waals surface area contributed by atoms with Gasteiger partial charge in [-0.3, -0.25) is 14.4 Å². The molecule has 0 aliphatic carbocycles. The lowest BCUT2D eigenvalue weighted by Crippen LogP contribution is -2.61. The number of hydrogen-bond acceptors (Lipinski definition) is 11. The van der Waals surface area contributed by atoms with Gasteiger partial charge in [-0.05, 0) is 109 Å². The van der Waals surface area contributed by atoms with Gasteiger partial charge in [0.1, 0.15) is 18.8 Å². The zero-order valence-electron chi connectivity index (χ0n) is 51.8. The van der Waals surface area contributed by atoms with Gasteiger partial charge in [0, 0.05) is 19.3 Å². The molecule has 0 aromatic rings. The Balaban J connectivity index is 2.66. The summed E-state index contributed by atoms with van der Waals surface area (Å²) in [6, 6.07) is 0. The molecule has 1 heterocycles. The molecule has 0 spiro atoms. The number of aliphatic hydroxyl groups is 2. The standard InChI is InChI=1S/C69H120O12/c1-4-7-10-13-16-19-22-25-28-31-34-37-40-43-46-49-52-55-61(70)77-58-60(79-62(71)56-53-50-47-44-41-38-35-32-29-26-23-20-17-14-11-8-5-2)59-78-69-67(65(74)64(73)66(81-69)68(75)76)80-63(72)57-54-51-48-45-42-39-36-33-30-27-24-21-18-15-12-9-6-3/h16,18-19,21,25-30,60,64-67,69,73-74H,4-15,17,20,22-24,31-59H2,1-3H3,(H,75,76)/b19-16-,21-18-,28-25-,29-26-,30-27-. The second-order valence-electron chi connectivity index (χ2n) is 22.7. The lowest BCUT2D eigenvalue weighted by atomic mass is 9.98. The van der Waals surface area contributed by atoms with Gasteiger partial charge in [0.05, 0.1) is 6.61 Å². The van der Waals surface area contributed by atoms with Crippen molar-refractivity contribution in [3.8, 4) is 0 Å². The predicted octanol–water partition coefficient (Wildman–Crippen LogP) is 17.9. The van der Waals surface area contributed by atoms with E-state index in [4.69, 9.17) is 23.7 Å². The van der Waals surface area contributed by atoms with E-state index in [9.17, 15) is 34.5 Å². The van der Waals surface area contributed by atoms with Crippen molar-refractivity contribution >= 4 is 23.9 Å². The fraction of sp³-hybridized carbons (Fsp3) is 0.797. The third-order valence-electron chi connectivity index (χ3n) is 15.0. The third-order valence-corrected chi connectivity index (χ3v) is 15.0. The molecule has 1 aliphatic rings. The van der Waals surface area contributed by atoms with Crippen LogP contribution in [-0.2, 0) is 42.9 Å². The van der Waals surface area contributed by atoms with E-state index in [-0.39, 0.29) is 25.9 Å². The number of esters is 3. The van der Waals surface area contributed by atoms with Gasteiger partial charge in [-0.1, -0.05) is 236 Å². The Morgan fingerprint density at radius 1 is 0.407 bits per heavy atom. The van der Waals surface area contributed by atoms with Crippen LogP contribution in [0.5, 0.6) is 0 Å². The van der Waals surface area contributed by atoms with Gasteiger partial charge in [0.25, 0.3) is 0 Å². The van der Waals surface area contributed by atoms with Crippen LogP contribution in [0.25, 0.3) is 0 Å². The highest BCUT2D eigenvalue weighted by Crippen LogP contribution is 2.27. The fourth-order valence-corrected chi connectivity index (χ4v) is 9.89. The summed E-state index contributed by atoms with van der Waals surface area (Å²) in [6.07, 6.45) is 58.8. The van der Waals surface area contributed by atoms with Crippen LogP contribution < -0.4 is 0 Å². The molecule has 12 heteroatoms. The molecule has 0 amide bonds. The molecule has 81 heavy (non-hydrogen) atoms. The molecule has 0 bridgehead atoms. The molecule has 468 valence electrons. The number of unbranched alkanes of at least 4 members (excludes halogenated alkanes) is 33. The predicted molar refractivity (Wildman–Crippen MR) is 331 cm³/mol. The Hall–Kier alpha value is -3.58. The molecule has 3 N–H and O–H groups in total. The van der Waals surface area contributed by atoms with Crippen LogP contribution in [-0.4, -0.2) is 89.2 Å². The summed E-state index contributed by atoms with van der Waals surface area (Å²) < 4.78 is 28.6. The van der Waals surface area contributed by atoms with Gasteiger partial charge in [-0.15, -0.1) is 0 Å². The number of aliphatic carboxylic acids is 1. The molecular weight excluding hydrogens is 1020 g/mol. The molecule has 0 aromatic carbocycles. The molecule has 1 fully saturated rings. The minimum atomic E-state index is -1.91. The molecule has 6 unspecified atom stereocenters. The highest BCUT2D eigenvalue weighted by Gasteiger charge is 2.50. The summed E-state index contributed by atoms with van der Waals surface area (Å²) in [5, 5.41) is 31.6. The van der Waals surface area contributed by atoms with Crippen molar-refractivity contribution in [2.45, 2.75) is 340 Å². The Morgan fingerprint density at radius 3 is 1.15 bits per heavy atom. The van der Waals surface area contributed by atoms with E-state index >= 15 is 0 Å². The van der Waals surface area contributed by atoms with Crippen LogP contribution >= 0.6 is 0 Å². The summed E-state index contributed by atoms with van der Waals surface area (Å²) in [4.78, 5) is 51.4. The van der Waals surface area contributed by atoms with Gasteiger partial charge in [0.15, 0.2) is 24.6 Å². The largest absolute Gasteiger partial charge is 0.479 e. The van der Waals surface area contributed by atoms with E-state index in [0.717, 1.165) is 128 Å². The van der Waals surface area contributed by atoms with Crippen LogP contribution in [0.1, 0.15) is 303 Å². The second kappa shape index (κ2) is 56.9. The van der Waals surface area contributed by atoms with E-state index in [1.54, 1.807) is 0 Å². The average molecular weight is 1140 g/mol. The zero-order chi connectivity index (χ0) is 58.9. The maximum absolute atomic E-state index is 13.2. The molecule has 1 rings (SSSR count). The summed E-state index contributed by atoms with van der Waals surface area (Å²) in [7, 11) is 0. The quantitative estimate of drug-likeness (QED) is 0.0228. The molecule has 0 radical (unpaired) electrons. The lowest BCUT2D eigenvalue weighted by molar-refractivity contribution is -0.301. The molecule has 1 saturated heterocycles. The van der Waals surface area contributed by atoms with Gasteiger partial charge in [-0.2, -0.15) is 0 Å². The highest BCUT2D eigenvalue weighted by atomic mass is 16.7. The van der Waals surface area contributed by atoms with Crippen LogP contribution in [0.3, 0.4) is 0 Å². The van der Waals surface area contributed by atoms with Crippen LogP contribution in [0, 0.1) is 0 Å². The van der Waals surface area contributed by atoms with Crippen molar-refractivity contribution in [3.63, 3.8) is 0 Å². The molecule has 6 atom stereocenters. The first kappa shape index (κ1) is 75.4. The molecule has 12 nitrogen and oxygen atoms in total. The molecule has 1 aliphatic heterocycles. The number of carboxylic acids is 1. The summed E-state index contributed by atoms with van der Waals surface area (Å²) in [6.45, 7) is 5.97. The number of hydrogen-bond donors (Lipinski definition) is 3. The number of rotatable bonds is 57. The van der Waals surface area contributed by atoms with Crippen molar-refractivity contribution in [1.29, 1.82) is 0 Å². The maximum atomic E-state index is 13.2. The maximum Gasteiger partial charge on any atom is 0.335 e. The summed E-state index contributed by atoms with van der Waals surface area (Å²) in [5.74, 6) is -3.12. The molecule has 0 aromatic heterocycles. The third kappa shape index (κ3) is 46.5. The second-order valence-corrected chi connectivity index (χ2v) is 22.7. The van der Waals surface area contributed by atoms with Crippen LogP contribution in [0.2, 0.25) is 0 Å². The van der Waals surface area contributed by atoms with Gasteiger partial charge < -0.3 is 39.0 Å². The lowest BCUT2D eigenvalue weighted by Gasteiger charge is -2.40. The first-order chi connectivity index (χ1) is 39.6. The Bertz CT molecular complexity index is 1640. The normalized spacial score (nSPS) is 18.1. The Kier molecular flexibility index (Phi) is 53.0. The number of allylic oxidation sites excluding steroid dienone is 10.